The minimum atomic E-state index is -0.959. The van der Waals surface area contributed by atoms with Crippen LogP contribution in [0.5, 0.6) is 5.75 Å². The molecule has 2 amide bonds. The van der Waals surface area contributed by atoms with Gasteiger partial charge >= 0.3 is 5.97 Å². The molecule has 0 spiro atoms. The Bertz CT molecular complexity index is 725. The summed E-state index contributed by atoms with van der Waals surface area (Å²) < 4.78 is 10.4. The minimum Gasteiger partial charge on any atom is -0.494 e. The maximum Gasteiger partial charge on any atom is 0.331 e. The summed E-state index contributed by atoms with van der Waals surface area (Å²) in [7, 11) is 1.34. The number of benzene rings is 1. The number of carbonyl (C=O) groups excluding carboxylic acids is 3. The highest BCUT2D eigenvalue weighted by Crippen LogP contribution is 2.32. The van der Waals surface area contributed by atoms with E-state index in [9.17, 15) is 14.4 Å². The van der Waals surface area contributed by atoms with Crippen molar-refractivity contribution >= 4 is 23.5 Å². The van der Waals surface area contributed by atoms with E-state index >= 15 is 0 Å². The Labute approximate surface area is 165 Å². The quantitative estimate of drug-likeness (QED) is 0.757. The number of nitrogens with zero attached hydrogens (tertiary/aromatic N) is 1. The molecule has 3 rings (SSSR count). The van der Waals surface area contributed by atoms with E-state index in [4.69, 9.17) is 9.47 Å². The number of rotatable bonds is 6. The van der Waals surface area contributed by atoms with Gasteiger partial charge in [-0.3, -0.25) is 9.59 Å². The molecule has 2 fully saturated rings. The van der Waals surface area contributed by atoms with Crippen molar-refractivity contribution in [2.75, 3.05) is 25.2 Å². The molecular formula is C21H28N2O5. The predicted octanol–water partition coefficient (Wildman–Crippen LogP) is 2.43. The van der Waals surface area contributed by atoms with E-state index < -0.39 is 17.4 Å². The first kappa shape index (κ1) is 20.2. The van der Waals surface area contributed by atoms with E-state index in [1.807, 2.05) is 31.2 Å². The molecule has 1 aliphatic carbocycles. The molecule has 152 valence electrons. The summed E-state index contributed by atoms with van der Waals surface area (Å²) in [6.07, 6.45) is 4.08. The number of nitrogens with one attached hydrogen (secondary N) is 1. The van der Waals surface area contributed by atoms with E-state index in [-0.39, 0.29) is 18.2 Å². The molecule has 0 unspecified atom stereocenters. The first-order chi connectivity index (χ1) is 13.5. The van der Waals surface area contributed by atoms with Crippen molar-refractivity contribution in [3.8, 4) is 5.75 Å². The summed E-state index contributed by atoms with van der Waals surface area (Å²) in [5, 5.41) is 2.93. The Morgan fingerprint density at radius 2 is 1.86 bits per heavy atom. The lowest BCUT2D eigenvalue weighted by Crippen LogP contribution is -2.57. The van der Waals surface area contributed by atoms with Gasteiger partial charge in [0.15, 0.2) is 0 Å². The zero-order chi connectivity index (χ0) is 20.1. The highest BCUT2D eigenvalue weighted by Gasteiger charge is 2.44. The highest BCUT2D eigenvalue weighted by atomic mass is 16.5. The highest BCUT2D eigenvalue weighted by molar-refractivity contribution is 6.01. The maximum absolute atomic E-state index is 12.9. The molecule has 7 nitrogen and oxygen atoms in total. The van der Waals surface area contributed by atoms with Crippen molar-refractivity contribution in [3.63, 3.8) is 0 Å². The Morgan fingerprint density at radius 3 is 2.46 bits per heavy atom. The van der Waals surface area contributed by atoms with Crippen LogP contribution < -0.4 is 15.0 Å². The number of hydrogen-bond donors (Lipinski definition) is 1. The van der Waals surface area contributed by atoms with E-state index in [1.165, 1.54) is 7.11 Å². The number of esters is 1. The molecular weight excluding hydrogens is 360 g/mol. The van der Waals surface area contributed by atoms with Crippen LogP contribution in [0.1, 0.15) is 45.4 Å². The molecule has 1 aromatic carbocycles. The molecule has 2 aliphatic rings. The van der Waals surface area contributed by atoms with E-state index in [2.05, 4.69) is 5.32 Å². The second-order valence-electron chi connectivity index (χ2n) is 7.46. The Morgan fingerprint density at radius 1 is 1.18 bits per heavy atom. The third-order valence-electron chi connectivity index (χ3n) is 5.60. The van der Waals surface area contributed by atoms with E-state index in [1.54, 1.807) is 4.90 Å². The van der Waals surface area contributed by atoms with Gasteiger partial charge in [0.05, 0.1) is 19.6 Å². The summed E-state index contributed by atoms with van der Waals surface area (Å²) in [6, 6.07) is 7.27. The third kappa shape index (κ3) is 4.13. The normalized spacial score (nSPS) is 21.3. The van der Waals surface area contributed by atoms with Crippen LogP contribution in [0.2, 0.25) is 0 Å². The van der Waals surface area contributed by atoms with Gasteiger partial charge in [-0.15, -0.1) is 0 Å². The van der Waals surface area contributed by atoms with Gasteiger partial charge < -0.3 is 19.7 Å². The van der Waals surface area contributed by atoms with Crippen LogP contribution in [-0.4, -0.2) is 43.6 Å². The molecule has 28 heavy (non-hydrogen) atoms. The monoisotopic (exact) mass is 388 g/mol. The zero-order valence-electron chi connectivity index (χ0n) is 16.5. The maximum atomic E-state index is 12.9. The number of methoxy groups -OCH3 is 1. The van der Waals surface area contributed by atoms with Crippen molar-refractivity contribution in [2.45, 2.75) is 51.0 Å². The van der Waals surface area contributed by atoms with Gasteiger partial charge in [0, 0.05) is 18.7 Å². The fourth-order valence-corrected chi connectivity index (χ4v) is 4.09. The molecule has 0 bridgehead atoms. The average Bonchev–Trinajstić information content (AvgIpc) is 3.11. The van der Waals surface area contributed by atoms with Crippen molar-refractivity contribution in [2.24, 2.45) is 5.92 Å². The molecule has 0 aromatic heterocycles. The van der Waals surface area contributed by atoms with Crippen molar-refractivity contribution in [3.05, 3.63) is 24.3 Å². The summed E-state index contributed by atoms with van der Waals surface area (Å²) in [4.78, 5) is 39.3. The van der Waals surface area contributed by atoms with Crippen LogP contribution in [0.4, 0.5) is 5.69 Å². The predicted molar refractivity (Wildman–Crippen MR) is 104 cm³/mol. The largest absolute Gasteiger partial charge is 0.494 e. The number of anilines is 1. The Hall–Kier alpha value is -2.57. The summed E-state index contributed by atoms with van der Waals surface area (Å²) in [6.45, 7) is 2.79. The topological polar surface area (TPSA) is 84.9 Å². The summed E-state index contributed by atoms with van der Waals surface area (Å²) >= 11 is 0. The molecule has 1 N–H and O–H groups in total. The van der Waals surface area contributed by atoms with Gasteiger partial charge in [-0.1, -0.05) is 19.3 Å². The standard InChI is InChI=1S/C21H28N2O5/c1-3-28-17-9-7-16(8-10-17)23-14-15(13-18(23)24)19(25)22-21(20(26)27-2)11-5-4-6-12-21/h7-10,15H,3-6,11-14H2,1-2H3,(H,22,25)/t15-/m0/s1. The average molecular weight is 388 g/mol. The Balaban J connectivity index is 1.68. The van der Waals surface area contributed by atoms with E-state index in [0.717, 1.165) is 30.7 Å². The molecule has 1 heterocycles. The smallest absolute Gasteiger partial charge is 0.331 e. The van der Waals surface area contributed by atoms with Crippen LogP contribution in [-0.2, 0) is 19.1 Å². The van der Waals surface area contributed by atoms with Crippen molar-refractivity contribution < 1.29 is 23.9 Å². The van der Waals surface area contributed by atoms with E-state index in [0.29, 0.717) is 26.0 Å². The van der Waals surface area contributed by atoms with Crippen molar-refractivity contribution in [1.82, 2.24) is 5.32 Å². The number of carbonyl (C=O) groups is 3. The second-order valence-corrected chi connectivity index (χ2v) is 7.46. The lowest BCUT2D eigenvalue weighted by Gasteiger charge is -2.35. The van der Waals surface area contributed by atoms with Gasteiger partial charge in [0.1, 0.15) is 11.3 Å². The van der Waals surface area contributed by atoms with Crippen LogP contribution in [0.25, 0.3) is 0 Å². The molecule has 1 saturated carbocycles. The summed E-state index contributed by atoms with van der Waals surface area (Å²) in [5.41, 5.74) is -0.219. The Kier molecular flexibility index (Phi) is 6.21. The van der Waals surface area contributed by atoms with Crippen molar-refractivity contribution in [1.29, 1.82) is 0 Å². The van der Waals surface area contributed by atoms with Gasteiger partial charge in [0.25, 0.3) is 0 Å². The minimum absolute atomic E-state index is 0.0972. The molecule has 1 aromatic rings. The zero-order valence-corrected chi connectivity index (χ0v) is 16.5. The van der Waals surface area contributed by atoms with Gasteiger partial charge in [0.2, 0.25) is 11.8 Å². The number of hydrogen-bond acceptors (Lipinski definition) is 5. The molecule has 7 heteroatoms. The lowest BCUT2D eigenvalue weighted by atomic mass is 9.81. The van der Waals surface area contributed by atoms with Gasteiger partial charge in [-0.2, -0.15) is 0 Å². The molecule has 1 atom stereocenters. The van der Waals surface area contributed by atoms with Gasteiger partial charge in [-0.25, -0.2) is 4.79 Å². The second kappa shape index (κ2) is 8.63. The van der Waals surface area contributed by atoms with Gasteiger partial charge in [-0.05, 0) is 44.0 Å². The first-order valence-electron chi connectivity index (χ1n) is 9.93. The van der Waals surface area contributed by atoms with Crippen LogP contribution >= 0.6 is 0 Å². The molecule has 0 radical (unpaired) electrons. The molecule has 1 saturated heterocycles. The lowest BCUT2D eigenvalue weighted by molar-refractivity contribution is -0.153. The van der Waals surface area contributed by atoms with Crippen LogP contribution in [0.15, 0.2) is 24.3 Å². The number of amides is 2. The van der Waals surface area contributed by atoms with Crippen LogP contribution in [0.3, 0.4) is 0 Å². The molecule has 1 aliphatic heterocycles. The fraction of sp³-hybridized carbons (Fsp3) is 0.571. The first-order valence-corrected chi connectivity index (χ1v) is 9.93. The third-order valence-corrected chi connectivity index (χ3v) is 5.60. The SMILES string of the molecule is CCOc1ccc(N2C[C@@H](C(=O)NC3(C(=O)OC)CCCCC3)CC2=O)cc1. The fourth-order valence-electron chi connectivity index (χ4n) is 4.09. The number of ether oxygens (including phenoxy) is 2. The van der Waals surface area contributed by atoms with Crippen LogP contribution in [0, 0.1) is 5.92 Å². The summed E-state index contributed by atoms with van der Waals surface area (Å²) in [5.74, 6) is -0.491.